The Bertz CT molecular complexity index is 453. The quantitative estimate of drug-likeness (QED) is 0.800. The summed E-state index contributed by atoms with van der Waals surface area (Å²) in [5, 5.41) is 6.52. The molecule has 0 aliphatic rings. The number of rotatable bonds is 5. The zero-order valence-corrected chi connectivity index (χ0v) is 11.3. The van der Waals surface area contributed by atoms with Crippen LogP contribution in [-0.4, -0.2) is 18.5 Å². The summed E-state index contributed by atoms with van der Waals surface area (Å²) >= 11 is 5.93. The third-order valence-electron chi connectivity index (χ3n) is 2.61. The molecule has 1 aromatic carbocycles. The van der Waals surface area contributed by atoms with Gasteiger partial charge < -0.3 is 5.32 Å². The second-order valence-corrected chi connectivity index (χ2v) is 4.52. The summed E-state index contributed by atoms with van der Waals surface area (Å²) < 4.78 is 0. The molecule has 0 bridgehead atoms. The highest BCUT2D eigenvalue weighted by molar-refractivity contribution is 6.30. The lowest BCUT2D eigenvalue weighted by atomic mass is 10.1. The van der Waals surface area contributed by atoms with E-state index in [-0.39, 0.29) is 24.5 Å². The molecule has 1 aromatic rings. The molecule has 3 nitrogen and oxygen atoms in total. The van der Waals surface area contributed by atoms with E-state index < -0.39 is 0 Å². The topological polar surface area (TPSA) is 41.1 Å². The summed E-state index contributed by atoms with van der Waals surface area (Å²) in [6.45, 7) is 4.03. The van der Waals surface area contributed by atoms with Gasteiger partial charge >= 0.3 is 0 Å². The van der Waals surface area contributed by atoms with Gasteiger partial charge in [-0.25, -0.2) is 0 Å². The molecule has 1 amide bonds. The van der Waals surface area contributed by atoms with Gasteiger partial charge in [-0.15, -0.1) is 6.42 Å². The molecule has 0 aliphatic carbocycles. The van der Waals surface area contributed by atoms with Crippen LogP contribution in [0.2, 0.25) is 5.02 Å². The van der Waals surface area contributed by atoms with E-state index in [1.54, 1.807) is 6.92 Å². The van der Waals surface area contributed by atoms with E-state index in [0.29, 0.717) is 5.02 Å². The van der Waals surface area contributed by atoms with E-state index >= 15 is 0 Å². The molecule has 96 valence electrons. The Morgan fingerprint density at radius 2 is 2.22 bits per heavy atom. The van der Waals surface area contributed by atoms with Crippen molar-refractivity contribution in [3.63, 3.8) is 0 Å². The molecule has 1 rings (SSSR count). The molecular formula is C14H17ClN2O. The summed E-state index contributed by atoms with van der Waals surface area (Å²) in [6.07, 6.45) is 5.09. The molecule has 2 atom stereocenters. The Morgan fingerprint density at radius 3 is 2.83 bits per heavy atom. The van der Waals surface area contributed by atoms with Crippen molar-refractivity contribution in [1.82, 2.24) is 10.6 Å². The van der Waals surface area contributed by atoms with Gasteiger partial charge in [0.15, 0.2) is 0 Å². The van der Waals surface area contributed by atoms with Gasteiger partial charge in [0, 0.05) is 11.1 Å². The maximum Gasteiger partial charge on any atom is 0.237 e. The lowest BCUT2D eigenvalue weighted by Gasteiger charge is -2.19. The van der Waals surface area contributed by atoms with Crippen molar-refractivity contribution < 1.29 is 4.79 Å². The molecule has 2 N–H and O–H groups in total. The zero-order valence-electron chi connectivity index (χ0n) is 10.5. The highest BCUT2D eigenvalue weighted by atomic mass is 35.5. The molecule has 0 aromatic heterocycles. The first-order chi connectivity index (χ1) is 8.54. The van der Waals surface area contributed by atoms with Crippen LogP contribution >= 0.6 is 11.6 Å². The molecule has 18 heavy (non-hydrogen) atoms. The van der Waals surface area contributed by atoms with Gasteiger partial charge in [-0.05, 0) is 31.5 Å². The van der Waals surface area contributed by atoms with Crippen molar-refractivity contribution in [2.24, 2.45) is 0 Å². The first-order valence-corrected chi connectivity index (χ1v) is 6.15. The number of carbonyl (C=O) groups excluding carboxylic acids is 1. The number of nitrogens with one attached hydrogen (secondary N) is 2. The molecule has 4 heteroatoms. The Kier molecular flexibility index (Phi) is 5.70. The molecule has 0 radical (unpaired) electrons. The Hall–Kier alpha value is -1.50. The van der Waals surface area contributed by atoms with Crippen molar-refractivity contribution >= 4 is 17.5 Å². The first-order valence-electron chi connectivity index (χ1n) is 5.77. The van der Waals surface area contributed by atoms with Crippen LogP contribution in [0.15, 0.2) is 24.3 Å². The SMILES string of the molecule is C#CCNC(=O)C(C)NC(C)c1cccc(Cl)c1. The average Bonchev–Trinajstić information content (AvgIpc) is 2.35. The van der Waals surface area contributed by atoms with Crippen LogP contribution in [0.25, 0.3) is 0 Å². The van der Waals surface area contributed by atoms with Crippen LogP contribution in [0, 0.1) is 12.3 Å². The third-order valence-corrected chi connectivity index (χ3v) is 2.84. The maximum atomic E-state index is 11.6. The summed E-state index contributed by atoms with van der Waals surface area (Å²) in [5.74, 6) is 2.26. The van der Waals surface area contributed by atoms with Gasteiger partial charge in [0.1, 0.15) is 0 Å². The summed E-state index contributed by atoms with van der Waals surface area (Å²) in [4.78, 5) is 11.6. The van der Waals surface area contributed by atoms with Crippen LogP contribution in [-0.2, 0) is 4.79 Å². The number of terminal acetylenes is 1. The van der Waals surface area contributed by atoms with Crippen LogP contribution in [0.4, 0.5) is 0 Å². The minimum Gasteiger partial charge on any atom is -0.344 e. The van der Waals surface area contributed by atoms with E-state index in [2.05, 4.69) is 16.6 Å². The molecule has 0 aliphatic heterocycles. The van der Waals surface area contributed by atoms with Gasteiger partial charge in [0.2, 0.25) is 5.91 Å². The largest absolute Gasteiger partial charge is 0.344 e. The van der Waals surface area contributed by atoms with Gasteiger partial charge in [0.25, 0.3) is 0 Å². The monoisotopic (exact) mass is 264 g/mol. The molecular weight excluding hydrogens is 248 g/mol. The fourth-order valence-corrected chi connectivity index (χ4v) is 1.81. The Labute approximate surface area is 113 Å². The Balaban J connectivity index is 2.57. The van der Waals surface area contributed by atoms with E-state index in [0.717, 1.165) is 5.56 Å². The molecule has 2 unspecified atom stereocenters. The fourth-order valence-electron chi connectivity index (χ4n) is 1.61. The van der Waals surface area contributed by atoms with Crippen molar-refractivity contribution in [3.8, 4) is 12.3 Å². The number of hydrogen-bond donors (Lipinski definition) is 2. The van der Waals surface area contributed by atoms with E-state index in [1.165, 1.54) is 0 Å². The number of amides is 1. The standard InChI is InChI=1S/C14H17ClN2O/c1-4-8-16-14(18)11(3)17-10(2)12-6-5-7-13(15)9-12/h1,5-7,9-11,17H,8H2,2-3H3,(H,16,18). The molecule has 0 fully saturated rings. The number of halogens is 1. The molecule has 0 heterocycles. The van der Waals surface area contributed by atoms with Crippen LogP contribution in [0.1, 0.15) is 25.5 Å². The van der Waals surface area contributed by atoms with Crippen molar-refractivity contribution in [3.05, 3.63) is 34.9 Å². The maximum absolute atomic E-state index is 11.6. The van der Waals surface area contributed by atoms with Crippen LogP contribution < -0.4 is 10.6 Å². The van der Waals surface area contributed by atoms with Gasteiger partial charge in [-0.1, -0.05) is 29.7 Å². The minimum atomic E-state index is -0.313. The van der Waals surface area contributed by atoms with Crippen molar-refractivity contribution in [1.29, 1.82) is 0 Å². The van der Waals surface area contributed by atoms with Crippen molar-refractivity contribution in [2.45, 2.75) is 25.9 Å². The molecule has 0 saturated carbocycles. The van der Waals surface area contributed by atoms with E-state index in [1.807, 2.05) is 31.2 Å². The van der Waals surface area contributed by atoms with Crippen LogP contribution in [0.5, 0.6) is 0 Å². The predicted octanol–water partition coefficient (Wildman–Crippen LogP) is 2.13. The second-order valence-electron chi connectivity index (χ2n) is 4.09. The van der Waals surface area contributed by atoms with Crippen molar-refractivity contribution in [2.75, 3.05) is 6.54 Å². The molecule has 0 spiro atoms. The van der Waals surface area contributed by atoms with Gasteiger partial charge in [0.05, 0.1) is 12.6 Å². The summed E-state index contributed by atoms with van der Waals surface area (Å²) in [6, 6.07) is 7.28. The Morgan fingerprint density at radius 1 is 1.50 bits per heavy atom. The first kappa shape index (κ1) is 14.6. The number of carbonyl (C=O) groups is 1. The van der Waals surface area contributed by atoms with Gasteiger partial charge in [-0.3, -0.25) is 10.1 Å². The summed E-state index contributed by atoms with van der Waals surface area (Å²) in [7, 11) is 0. The highest BCUT2D eigenvalue weighted by Crippen LogP contribution is 2.17. The fraction of sp³-hybridized carbons (Fsp3) is 0.357. The van der Waals surface area contributed by atoms with Gasteiger partial charge in [-0.2, -0.15) is 0 Å². The average molecular weight is 265 g/mol. The minimum absolute atomic E-state index is 0.0373. The zero-order chi connectivity index (χ0) is 13.5. The number of hydrogen-bond acceptors (Lipinski definition) is 2. The third kappa shape index (κ3) is 4.40. The normalized spacial score (nSPS) is 13.4. The summed E-state index contributed by atoms with van der Waals surface area (Å²) in [5.41, 5.74) is 1.04. The van der Waals surface area contributed by atoms with E-state index in [9.17, 15) is 4.79 Å². The lowest BCUT2D eigenvalue weighted by molar-refractivity contribution is -0.122. The predicted molar refractivity (Wildman–Crippen MR) is 74.3 cm³/mol. The second kappa shape index (κ2) is 7.05. The lowest BCUT2D eigenvalue weighted by Crippen LogP contribution is -2.43. The van der Waals surface area contributed by atoms with E-state index in [4.69, 9.17) is 18.0 Å². The molecule has 0 saturated heterocycles. The smallest absolute Gasteiger partial charge is 0.237 e. The van der Waals surface area contributed by atoms with Crippen LogP contribution in [0.3, 0.4) is 0 Å². The highest BCUT2D eigenvalue weighted by Gasteiger charge is 2.15. The number of benzene rings is 1.